The van der Waals surface area contributed by atoms with Gasteiger partial charge in [-0.25, -0.2) is 4.39 Å². The Morgan fingerprint density at radius 2 is 2.11 bits per heavy atom. The normalized spacial score (nSPS) is 10.1. The van der Waals surface area contributed by atoms with E-state index in [4.69, 9.17) is 22.4 Å². The lowest BCUT2D eigenvalue weighted by Crippen LogP contribution is -2.26. The zero-order chi connectivity index (χ0) is 13.7. The van der Waals surface area contributed by atoms with Crippen LogP contribution >= 0.6 is 11.6 Å². The molecule has 0 spiro atoms. The number of nitrogen functional groups attached to an aromatic ring is 1. The highest BCUT2D eigenvalue weighted by Crippen LogP contribution is 2.21. The van der Waals surface area contributed by atoms with E-state index in [0.29, 0.717) is 0 Å². The predicted octanol–water partition coefficient (Wildman–Crippen LogP) is 1.66. The Morgan fingerprint density at radius 3 is 2.72 bits per heavy atom. The lowest BCUT2D eigenvalue weighted by Gasteiger charge is -2.08. The third-order valence-corrected chi connectivity index (χ3v) is 2.41. The van der Waals surface area contributed by atoms with Gasteiger partial charge < -0.3 is 16.2 Å². The van der Waals surface area contributed by atoms with Crippen LogP contribution in [0, 0.1) is 5.82 Å². The van der Waals surface area contributed by atoms with Gasteiger partial charge in [-0.3, -0.25) is 9.59 Å². The molecule has 18 heavy (non-hydrogen) atoms. The van der Waals surface area contributed by atoms with Crippen molar-refractivity contribution in [1.82, 2.24) is 5.32 Å². The quantitative estimate of drug-likeness (QED) is 0.562. The molecule has 0 saturated carbocycles. The Morgan fingerprint density at radius 1 is 1.44 bits per heavy atom. The number of carboxylic acid groups (broad SMARTS) is 1. The average Bonchev–Trinajstić information content (AvgIpc) is 2.28. The van der Waals surface area contributed by atoms with Crippen molar-refractivity contribution in [3.05, 3.63) is 28.5 Å². The van der Waals surface area contributed by atoms with Gasteiger partial charge in [-0.2, -0.15) is 0 Å². The summed E-state index contributed by atoms with van der Waals surface area (Å²) in [6.07, 6.45) is 0.226. The molecule has 0 unspecified atom stereocenters. The van der Waals surface area contributed by atoms with Gasteiger partial charge in [0.15, 0.2) is 0 Å². The maximum Gasteiger partial charge on any atom is 0.303 e. The van der Waals surface area contributed by atoms with Gasteiger partial charge in [0.05, 0.1) is 11.3 Å². The Bertz CT molecular complexity index is 480. The molecule has 1 aromatic rings. The van der Waals surface area contributed by atoms with E-state index in [1.54, 1.807) is 0 Å². The number of benzene rings is 1. The SMILES string of the molecule is Nc1c(F)cc(Cl)cc1C(=O)NCCCC(=O)O. The van der Waals surface area contributed by atoms with E-state index in [-0.39, 0.29) is 35.7 Å². The van der Waals surface area contributed by atoms with Gasteiger partial charge in [0, 0.05) is 18.0 Å². The molecule has 0 heterocycles. The number of carboxylic acids is 1. The van der Waals surface area contributed by atoms with Crippen LogP contribution in [0.2, 0.25) is 5.02 Å². The second kappa shape index (κ2) is 6.20. The van der Waals surface area contributed by atoms with Crippen LogP contribution in [-0.4, -0.2) is 23.5 Å². The summed E-state index contributed by atoms with van der Waals surface area (Å²) in [5.74, 6) is -2.30. The van der Waals surface area contributed by atoms with Crippen LogP contribution in [0.4, 0.5) is 10.1 Å². The number of nitrogens with one attached hydrogen (secondary N) is 1. The molecule has 0 bridgehead atoms. The Balaban J connectivity index is 2.64. The van der Waals surface area contributed by atoms with Gasteiger partial charge in [-0.1, -0.05) is 11.6 Å². The number of nitrogens with two attached hydrogens (primary N) is 1. The lowest BCUT2D eigenvalue weighted by molar-refractivity contribution is -0.137. The van der Waals surface area contributed by atoms with Crippen molar-refractivity contribution in [1.29, 1.82) is 0 Å². The van der Waals surface area contributed by atoms with Crippen LogP contribution in [0.15, 0.2) is 12.1 Å². The fourth-order valence-electron chi connectivity index (χ4n) is 1.31. The highest BCUT2D eigenvalue weighted by atomic mass is 35.5. The van der Waals surface area contributed by atoms with E-state index in [9.17, 15) is 14.0 Å². The van der Waals surface area contributed by atoms with E-state index >= 15 is 0 Å². The second-order valence-electron chi connectivity index (χ2n) is 3.60. The molecule has 0 aromatic heterocycles. The van der Waals surface area contributed by atoms with Crippen LogP contribution in [0.1, 0.15) is 23.2 Å². The molecule has 0 aliphatic carbocycles. The highest BCUT2D eigenvalue weighted by Gasteiger charge is 2.14. The van der Waals surface area contributed by atoms with E-state index in [2.05, 4.69) is 5.32 Å². The molecule has 0 fully saturated rings. The van der Waals surface area contributed by atoms with Crippen LogP contribution in [0.3, 0.4) is 0 Å². The van der Waals surface area contributed by atoms with E-state index in [1.165, 1.54) is 6.07 Å². The number of carbonyl (C=O) groups is 2. The summed E-state index contributed by atoms with van der Waals surface area (Å²) in [4.78, 5) is 21.9. The minimum atomic E-state index is -0.947. The predicted molar refractivity (Wildman–Crippen MR) is 65.0 cm³/mol. The zero-order valence-electron chi connectivity index (χ0n) is 9.37. The minimum absolute atomic E-state index is 0.0559. The van der Waals surface area contributed by atoms with Crippen molar-refractivity contribution in [3.8, 4) is 0 Å². The van der Waals surface area contributed by atoms with Gasteiger partial charge >= 0.3 is 5.97 Å². The summed E-state index contributed by atoms with van der Waals surface area (Å²) in [6.45, 7) is 0.165. The summed E-state index contributed by atoms with van der Waals surface area (Å²) in [6, 6.07) is 2.27. The molecule has 0 atom stereocenters. The number of amides is 1. The summed E-state index contributed by atoms with van der Waals surface area (Å²) >= 11 is 5.62. The van der Waals surface area contributed by atoms with Crippen molar-refractivity contribution >= 4 is 29.2 Å². The smallest absolute Gasteiger partial charge is 0.303 e. The Labute approximate surface area is 108 Å². The molecule has 1 rings (SSSR count). The maximum atomic E-state index is 13.2. The molecule has 1 amide bonds. The monoisotopic (exact) mass is 274 g/mol. The van der Waals surface area contributed by atoms with Crippen LogP contribution in [-0.2, 0) is 4.79 Å². The molecule has 1 aromatic carbocycles. The molecule has 7 heteroatoms. The molecule has 98 valence electrons. The first-order valence-corrected chi connectivity index (χ1v) is 5.54. The van der Waals surface area contributed by atoms with Crippen molar-refractivity contribution in [2.75, 3.05) is 12.3 Å². The molecular formula is C11H12ClFN2O3. The summed E-state index contributed by atoms with van der Waals surface area (Å²) in [7, 11) is 0. The molecule has 0 saturated heterocycles. The number of rotatable bonds is 5. The fourth-order valence-corrected chi connectivity index (χ4v) is 1.51. The zero-order valence-corrected chi connectivity index (χ0v) is 10.1. The minimum Gasteiger partial charge on any atom is -0.481 e. The van der Waals surface area contributed by atoms with E-state index in [1.807, 2.05) is 0 Å². The molecule has 0 aliphatic rings. The van der Waals surface area contributed by atoms with Gasteiger partial charge in [0.1, 0.15) is 5.82 Å². The van der Waals surface area contributed by atoms with Crippen molar-refractivity contribution in [2.24, 2.45) is 0 Å². The van der Waals surface area contributed by atoms with Gasteiger partial charge in [-0.15, -0.1) is 0 Å². The molecule has 0 radical (unpaired) electrons. The van der Waals surface area contributed by atoms with E-state index in [0.717, 1.165) is 6.07 Å². The largest absolute Gasteiger partial charge is 0.481 e. The van der Waals surface area contributed by atoms with Gasteiger partial charge in [0.2, 0.25) is 0 Å². The number of halogens is 2. The Hall–Kier alpha value is -1.82. The second-order valence-corrected chi connectivity index (χ2v) is 4.04. The highest BCUT2D eigenvalue weighted by molar-refractivity contribution is 6.31. The lowest BCUT2D eigenvalue weighted by atomic mass is 10.1. The van der Waals surface area contributed by atoms with Gasteiger partial charge in [0.25, 0.3) is 5.91 Å². The first-order valence-electron chi connectivity index (χ1n) is 5.16. The third-order valence-electron chi connectivity index (χ3n) is 2.19. The average molecular weight is 275 g/mol. The molecular weight excluding hydrogens is 263 g/mol. The Kier molecular flexibility index (Phi) is 4.91. The summed E-state index contributed by atoms with van der Waals surface area (Å²) in [5, 5.41) is 10.9. The van der Waals surface area contributed by atoms with Crippen LogP contribution in [0.5, 0.6) is 0 Å². The molecule has 4 N–H and O–H groups in total. The number of hydrogen-bond donors (Lipinski definition) is 3. The van der Waals surface area contributed by atoms with Gasteiger partial charge in [-0.05, 0) is 18.6 Å². The third kappa shape index (κ3) is 3.89. The van der Waals surface area contributed by atoms with E-state index < -0.39 is 17.7 Å². The van der Waals surface area contributed by atoms with Crippen molar-refractivity contribution < 1.29 is 19.1 Å². The summed E-state index contributed by atoms with van der Waals surface area (Å²) < 4.78 is 13.2. The first-order chi connectivity index (χ1) is 8.41. The topological polar surface area (TPSA) is 92.4 Å². The van der Waals surface area contributed by atoms with Crippen molar-refractivity contribution in [3.63, 3.8) is 0 Å². The van der Waals surface area contributed by atoms with Crippen molar-refractivity contribution in [2.45, 2.75) is 12.8 Å². The number of anilines is 1. The maximum absolute atomic E-state index is 13.2. The number of hydrogen-bond acceptors (Lipinski definition) is 3. The fraction of sp³-hybridized carbons (Fsp3) is 0.273. The van der Waals surface area contributed by atoms with Crippen LogP contribution < -0.4 is 11.1 Å². The molecule has 5 nitrogen and oxygen atoms in total. The van der Waals surface area contributed by atoms with Crippen LogP contribution in [0.25, 0.3) is 0 Å². The first kappa shape index (κ1) is 14.2. The standard InChI is InChI=1S/C11H12ClFN2O3/c12-6-4-7(10(14)8(13)5-6)11(18)15-3-1-2-9(16)17/h4-5H,1-3,14H2,(H,15,18)(H,16,17). The molecule has 0 aliphatic heterocycles. The number of carbonyl (C=O) groups excluding carboxylic acids is 1. The number of aliphatic carboxylic acids is 1. The summed E-state index contributed by atoms with van der Waals surface area (Å²) in [5.41, 5.74) is 5.07.